The van der Waals surface area contributed by atoms with E-state index in [2.05, 4.69) is 33.4 Å². The van der Waals surface area contributed by atoms with Gasteiger partial charge in [0.1, 0.15) is 11.6 Å². The molecule has 1 fully saturated rings. The van der Waals surface area contributed by atoms with Gasteiger partial charge in [-0.15, -0.1) is 0 Å². The van der Waals surface area contributed by atoms with E-state index in [0.717, 1.165) is 42.2 Å². The maximum absolute atomic E-state index is 13.5. The number of thiazole rings is 1. The van der Waals surface area contributed by atoms with E-state index in [1.54, 1.807) is 13.2 Å². The van der Waals surface area contributed by atoms with Gasteiger partial charge >= 0.3 is 0 Å². The molecular formula is C18H18FN3O2S. The Bertz CT molecular complexity index is 893. The minimum atomic E-state index is -0.320. The Morgan fingerprint density at radius 3 is 2.84 bits per heavy atom. The zero-order valence-corrected chi connectivity index (χ0v) is 14.6. The lowest BCUT2D eigenvalue weighted by Gasteiger charge is -2.28. The Kier molecular flexibility index (Phi) is 4.42. The van der Waals surface area contributed by atoms with Crippen LogP contribution in [-0.2, 0) is 4.74 Å². The topological polar surface area (TPSA) is 46.6 Å². The number of anilines is 3. The van der Waals surface area contributed by atoms with Crippen LogP contribution in [0.4, 0.5) is 20.9 Å². The van der Waals surface area contributed by atoms with Crippen molar-refractivity contribution in [2.24, 2.45) is 0 Å². The second-order valence-corrected chi connectivity index (χ2v) is 6.77. The second-order valence-electron chi connectivity index (χ2n) is 5.74. The van der Waals surface area contributed by atoms with Gasteiger partial charge < -0.3 is 19.7 Å². The second kappa shape index (κ2) is 6.85. The summed E-state index contributed by atoms with van der Waals surface area (Å²) in [6.45, 7) is 3.28. The SMILES string of the molecule is COc1ccc(F)cc1Nc1nc2cc(N3CCOCC3)ccc2s1. The van der Waals surface area contributed by atoms with Crippen molar-refractivity contribution in [3.63, 3.8) is 0 Å². The molecule has 0 amide bonds. The van der Waals surface area contributed by atoms with Crippen LogP contribution in [-0.4, -0.2) is 38.4 Å². The Morgan fingerprint density at radius 1 is 1.20 bits per heavy atom. The van der Waals surface area contributed by atoms with Gasteiger partial charge in [0.05, 0.1) is 36.2 Å². The molecule has 0 saturated carbocycles. The third kappa shape index (κ3) is 3.38. The predicted octanol–water partition coefficient (Wildman–Crippen LogP) is 4.02. The molecule has 5 nitrogen and oxygen atoms in total. The van der Waals surface area contributed by atoms with Crippen LogP contribution in [0.5, 0.6) is 5.75 Å². The first-order valence-electron chi connectivity index (χ1n) is 8.07. The molecule has 1 N–H and O–H groups in total. The third-order valence-electron chi connectivity index (χ3n) is 4.15. The highest BCUT2D eigenvalue weighted by atomic mass is 32.1. The third-order valence-corrected chi connectivity index (χ3v) is 5.10. The van der Waals surface area contributed by atoms with Crippen molar-refractivity contribution in [1.29, 1.82) is 0 Å². The smallest absolute Gasteiger partial charge is 0.188 e. The van der Waals surface area contributed by atoms with E-state index in [-0.39, 0.29) is 5.82 Å². The van der Waals surface area contributed by atoms with Crippen molar-refractivity contribution < 1.29 is 13.9 Å². The van der Waals surface area contributed by atoms with Gasteiger partial charge in [-0.2, -0.15) is 0 Å². The molecule has 7 heteroatoms. The normalized spacial score (nSPS) is 14.7. The van der Waals surface area contributed by atoms with Crippen LogP contribution < -0.4 is 15.0 Å². The van der Waals surface area contributed by atoms with Crippen molar-refractivity contribution >= 4 is 38.1 Å². The Morgan fingerprint density at radius 2 is 2.04 bits per heavy atom. The number of morpholine rings is 1. The summed E-state index contributed by atoms with van der Waals surface area (Å²) >= 11 is 1.53. The van der Waals surface area contributed by atoms with E-state index < -0.39 is 0 Å². The Hall–Kier alpha value is -2.38. The standard InChI is InChI=1S/C18H18FN3O2S/c1-23-16-4-2-12(19)10-14(16)20-18-21-15-11-13(3-5-17(15)25-18)22-6-8-24-9-7-22/h2-5,10-11H,6-9H2,1H3,(H,20,21). The lowest BCUT2D eigenvalue weighted by atomic mass is 10.2. The lowest BCUT2D eigenvalue weighted by Crippen LogP contribution is -2.36. The van der Waals surface area contributed by atoms with Crippen LogP contribution >= 0.6 is 11.3 Å². The summed E-state index contributed by atoms with van der Waals surface area (Å²) in [5.74, 6) is 0.258. The van der Waals surface area contributed by atoms with Crippen LogP contribution in [0.1, 0.15) is 0 Å². The first-order valence-corrected chi connectivity index (χ1v) is 8.88. The number of rotatable bonds is 4. The van der Waals surface area contributed by atoms with Gasteiger partial charge in [0, 0.05) is 24.8 Å². The molecule has 130 valence electrons. The largest absolute Gasteiger partial charge is 0.495 e. The zero-order valence-electron chi connectivity index (χ0n) is 13.8. The van der Waals surface area contributed by atoms with Gasteiger partial charge in [-0.1, -0.05) is 11.3 Å². The summed E-state index contributed by atoms with van der Waals surface area (Å²) in [6, 6.07) is 10.7. The van der Waals surface area contributed by atoms with E-state index in [4.69, 9.17) is 9.47 Å². The van der Waals surface area contributed by atoms with Gasteiger partial charge in [-0.25, -0.2) is 9.37 Å². The van der Waals surface area contributed by atoms with Gasteiger partial charge in [0.25, 0.3) is 0 Å². The van der Waals surface area contributed by atoms with E-state index >= 15 is 0 Å². The first kappa shape index (κ1) is 16.1. The van der Waals surface area contributed by atoms with Crippen molar-refractivity contribution in [1.82, 2.24) is 4.98 Å². The van der Waals surface area contributed by atoms with Gasteiger partial charge in [-0.05, 0) is 30.3 Å². The molecule has 0 radical (unpaired) electrons. The summed E-state index contributed by atoms with van der Waals surface area (Å²) in [7, 11) is 1.56. The van der Waals surface area contributed by atoms with E-state index in [1.807, 2.05) is 0 Å². The quantitative estimate of drug-likeness (QED) is 0.762. The number of aromatic nitrogens is 1. The number of benzene rings is 2. The molecule has 1 aromatic heterocycles. The van der Waals surface area contributed by atoms with Crippen LogP contribution in [0.2, 0.25) is 0 Å². The summed E-state index contributed by atoms with van der Waals surface area (Å²) in [6.07, 6.45) is 0. The van der Waals surface area contributed by atoms with Crippen LogP contribution in [0.15, 0.2) is 36.4 Å². The number of nitrogens with one attached hydrogen (secondary N) is 1. The van der Waals surface area contributed by atoms with E-state index in [9.17, 15) is 4.39 Å². The average molecular weight is 359 g/mol. The van der Waals surface area contributed by atoms with Crippen LogP contribution in [0.3, 0.4) is 0 Å². The minimum Gasteiger partial charge on any atom is -0.495 e. The summed E-state index contributed by atoms with van der Waals surface area (Å²) < 4.78 is 25.3. The molecular weight excluding hydrogens is 341 g/mol. The first-order chi connectivity index (χ1) is 12.2. The van der Waals surface area contributed by atoms with Gasteiger partial charge in [-0.3, -0.25) is 0 Å². The van der Waals surface area contributed by atoms with Crippen molar-refractivity contribution in [2.75, 3.05) is 43.6 Å². The van der Waals surface area contributed by atoms with Gasteiger partial charge in [0.15, 0.2) is 5.13 Å². The van der Waals surface area contributed by atoms with Crippen molar-refractivity contribution in [3.8, 4) is 5.75 Å². The number of methoxy groups -OCH3 is 1. The number of ether oxygens (including phenoxy) is 2. The molecule has 2 aromatic carbocycles. The van der Waals surface area contributed by atoms with Gasteiger partial charge in [0.2, 0.25) is 0 Å². The van der Waals surface area contributed by atoms with Crippen LogP contribution in [0.25, 0.3) is 10.2 Å². The van der Waals surface area contributed by atoms with Crippen molar-refractivity contribution in [2.45, 2.75) is 0 Å². The minimum absolute atomic E-state index is 0.320. The number of fused-ring (bicyclic) bond motifs is 1. The fraction of sp³-hybridized carbons (Fsp3) is 0.278. The summed E-state index contributed by atoms with van der Waals surface area (Å²) in [5.41, 5.74) is 2.64. The lowest BCUT2D eigenvalue weighted by molar-refractivity contribution is 0.122. The molecule has 1 aliphatic rings. The maximum Gasteiger partial charge on any atom is 0.188 e. The number of hydrogen-bond acceptors (Lipinski definition) is 6. The molecule has 3 aromatic rings. The highest BCUT2D eigenvalue weighted by Crippen LogP contribution is 2.34. The Balaban J connectivity index is 1.62. The number of nitrogens with zero attached hydrogens (tertiary/aromatic N) is 2. The van der Waals surface area contributed by atoms with E-state index in [1.165, 1.54) is 23.5 Å². The number of halogens is 1. The van der Waals surface area contributed by atoms with E-state index in [0.29, 0.717) is 16.6 Å². The number of hydrogen-bond donors (Lipinski definition) is 1. The van der Waals surface area contributed by atoms with Crippen molar-refractivity contribution in [3.05, 3.63) is 42.2 Å². The molecule has 1 saturated heterocycles. The monoisotopic (exact) mass is 359 g/mol. The molecule has 0 spiro atoms. The highest BCUT2D eigenvalue weighted by Gasteiger charge is 2.14. The molecule has 0 unspecified atom stereocenters. The summed E-state index contributed by atoms with van der Waals surface area (Å²) in [5, 5.41) is 3.87. The molecule has 1 aliphatic heterocycles. The fourth-order valence-electron chi connectivity index (χ4n) is 2.88. The predicted molar refractivity (Wildman–Crippen MR) is 98.9 cm³/mol. The molecule has 0 aliphatic carbocycles. The fourth-order valence-corrected chi connectivity index (χ4v) is 3.74. The molecule has 4 rings (SSSR count). The van der Waals surface area contributed by atoms with Crippen LogP contribution in [0, 0.1) is 5.82 Å². The zero-order chi connectivity index (χ0) is 17.2. The summed E-state index contributed by atoms with van der Waals surface area (Å²) in [4.78, 5) is 6.94. The molecule has 2 heterocycles. The molecule has 0 bridgehead atoms. The maximum atomic E-state index is 13.5. The molecule has 25 heavy (non-hydrogen) atoms. The molecule has 0 atom stereocenters. The highest BCUT2D eigenvalue weighted by molar-refractivity contribution is 7.22. The average Bonchev–Trinajstić information content (AvgIpc) is 3.04. The Labute approximate surface area is 149 Å².